The van der Waals surface area contributed by atoms with Crippen LogP contribution in [-0.2, 0) is 0 Å². The molecule has 0 saturated heterocycles. The van der Waals surface area contributed by atoms with Gasteiger partial charge in [-0.3, -0.25) is 4.79 Å². The van der Waals surface area contributed by atoms with Gasteiger partial charge in [-0.2, -0.15) is 0 Å². The number of aryl methyl sites for hydroxylation is 2. The van der Waals surface area contributed by atoms with Crippen molar-refractivity contribution in [2.75, 3.05) is 5.32 Å². The molecule has 0 spiro atoms. The molecule has 1 amide bonds. The number of rotatable bonds is 2. The zero-order chi connectivity index (χ0) is 16.6. The SMILES string of the molecule is Cc1ccc(C)c(NC(=O)c2cc3cccc(Cl)c3oc2=O)c1. The number of fused-ring (bicyclic) bond motifs is 1. The molecule has 5 heteroatoms. The fourth-order valence-corrected chi connectivity index (χ4v) is 2.55. The van der Waals surface area contributed by atoms with Gasteiger partial charge in [-0.05, 0) is 43.2 Å². The second kappa shape index (κ2) is 5.89. The molecule has 1 aromatic heterocycles. The first kappa shape index (κ1) is 15.3. The highest BCUT2D eigenvalue weighted by Gasteiger charge is 2.15. The summed E-state index contributed by atoms with van der Waals surface area (Å²) in [5, 5.41) is 3.69. The number of halogens is 1. The van der Waals surface area contributed by atoms with Crippen molar-refractivity contribution < 1.29 is 9.21 Å². The van der Waals surface area contributed by atoms with Crippen molar-refractivity contribution in [1.82, 2.24) is 0 Å². The number of carbonyl (C=O) groups is 1. The van der Waals surface area contributed by atoms with Crippen LogP contribution in [0.15, 0.2) is 51.7 Å². The Balaban J connectivity index is 2.03. The third-order valence-electron chi connectivity index (χ3n) is 3.60. The highest BCUT2D eigenvalue weighted by Crippen LogP contribution is 2.23. The second-order valence-corrected chi connectivity index (χ2v) is 5.79. The van der Waals surface area contributed by atoms with Gasteiger partial charge in [0, 0.05) is 11.1 Å². The molecule has 0 aliphatic rings. The summed E-state index contributed by atoms with van der Waals surface area (Å²) in [5.41, 5.74) is 2.11. The van der Waals surface area contributed by atoms with E-state index in [4.69, 9.17) is 16.0 Å². The Hall–Kier alpha value is -2.59. The average Bonchev–Trinajstić information content (AvgIpc) is 2.51. The molecular weight excluding hydrogens is 314 g/mol. The van der Waals surface area contributed by atoms with Crippen molar-refractivity contribution in [1.29, 1.82) is 0 Å². The molecule has 3 aromatic rings. The van der Waals surface area contributed by atoms with Gasteiger partial charge in [0.25, 0.3) is 5.91 Å². The number of benzene rings is 2. The van der Waals surface area contributed by atoms with E-state index in [1.54, 1.807) is 18.2 Å². The summed E-state index contributed by atoms with van der Waals surface area (Å²) >= 11 is 6.00. The molecule has 0 bridgehead atoms. The van der Waals surface area contributed by atoms with Gasteiger partial charge in [0.05, 0.1) is 5.02 Å². The van der Waals surface area contributed by atoms with Gasteiger partial charge in [0.1, 0.15) is 5.56 Å². The van der Waals surface area contributed by atoms with Crippen LogP contribution in [0.4, 0.5) is 5.69 Å². The van der Waals surface area contributed by atoms with Gasteiger partial charge in [-0.25, -0.2) is 4.79 Å². The number of carbonyl (C=O) groups excluding carboxylic acids is 1. The lowest BCUT2D eigenvalue weighted by atomic mass is 10.1. The molecule has 0 aliphatic heterocycles. The molecule has 116 valence electrons. The van der Waals surface area contributed by atoms with Crippen molar-refractivity contribution in [2.24, 2.45) is 0 Å². The van der Waals surface area contributed by atoms with Crippen molar-refractivity contribution in [3.63, 3.8) is 0 Å². The number of amides is 1. The van der Waals surface area contributed by atoms with Gasteiger partial charge in [0.15, 0.2) is 5.58 Å². The Kier molecular flexibility index (Phi) is 3.92. The summed E-state index contributed by atoms with van der Waals surface area (Å²) in [6.45, 7) is 3.82. The molecule has 2 aromatic carbocycles. The van der Waals surface area contributed by atoms with E-state index in [1.165, 1.54) is 6.07 Å². The largest absolute Gasteiger partial charge is 0.421 e. The Morgan fingerprint density at radius 2 is 1.91 bits per heavy atom. The number of para-hydroxylation sites is 1. The summed E-state index contributed by atoms with van der Waals surface area (Å²) in [7, 11) is 0. The molecule has 0 saturated carbocycles. The zero-order valence-corrected chi connectivity index (χ0v) is 13.4. The maximum absolute atomic E-state index is 12.4. The van der Waals surface area contributed by atoms with Crippen LogP contribution >= 0.6 is 11.6 Å². The lowest BCUT2D eigenvalue weighted by Gasteiger charge is -2.09. The molecule has 4 nitrogen and oxygen atoms in total. The van der Waals surface area contributed by atoms with Crippen molar-refractivity contribution in [2.45, 2.75) is 13.8 Å². The third kappa shape index (κ3) is 2.98. The highest BCUT2D eigenvalue weighted by atomic mass is 35.5. The lowest BCUT2D eigenvalue weighted by Crippen LogP contribution is -2.21. The van der Waals surface area contributed by atoms with Crippen LogP contribution < -0.4 is 10.9 Å². The van der Waals surface area contributed by atoms with Gasteiger partial charge in [0.2, 0.25) is 0 Å². The van der Waals surface area contributed by atoms with E-state index in [0.717, 1.165) is 11.1 Å². The highest BCUT2D eigenvalue weighted by molar-refractivity contribution is 6.34. The van der Waals surface area contributed by atoms with Crippen LogP contribution in [0, 0.1) is 13.8 Å². The number of anilines is 1. The molecule has 1 N–H and O–H groups in total. The maximum atomic E-state index is 12.4. The Morgan fingerprint density at radius 1 is 1.13 bits per heavy atom. The zero-order valence-electron chi connectivity index (χ0n) is 12.6. The van der Waals surface area contributed by atoms with E-state index < -0.39 is 11.5 Å². The van der Waals surface area contributed by atoms with Crippen LogP contribution in [0.1, 0.15) is 21.5 Å². The Labute approximate surface area is 137 Å². The number of hydrogen-bond acceptors (Lipinski definition) is 3. The summed E-state index contributed by atoms with van der Waals surface area (Å²) in [5.74, 6) is -0.505. The molecule has 1 heterocycles. The van der Waals surface area contributed by atoms with Gasteiger partial charge < -0.3 is 9.73 Å². The second-order valence-electron chi connectivity index (χ2n) is 5.38. The molecule has 3 rings (SSSR count). The molecule has 0 fully saturated rings. The van der Waals surface area contributed by atoms with E-state index in [0.29, 0.717) is 16.1 Å². The number of nitrogens with one attached hydrogen (secondary N) is 1. The van der Waals surface area contributed by atoms with Gasteiger partial charge >= 0.3 is 5.63 Å². The van der Waals surface area contributed by atoms with E-state index in [1.807, 2.05) is 32.0 Å². The third-order valence-corrected chi connectivity index (χ3v) is 3.90. The van der Waals surface area contributed by atoms with Crippen molar-refractivity contribution in [3.05, 3.63) is 74.6 Å². The summed E-state index contributed by atoms with van der Waals surface area (Å²) in [4.78, 5) is 24.5. The quantitative estimate of drug-likeness (QED) is 0.713. The fraction of sp³-hybridized carbons (Fsp3) is 0.111. The predicted octanol–water partition coefficient (Wildman–Crippen LogP) is 4.32. The van der Waals surface area contributed by atoms with Crippen molar-refractivity contribution in [3.8, 4) is 0 Å². The minimum Gasteiger partial charge on any atom is -0.421 e. The first-order chi connectivity index (χ1) is 11.0. The summed E-state index contributed by atoms with van der Waals surface area (Å²) in [6, 6.07) is 12.3. The Morgan fingerprint density at radius 3 is 2.70 bits per heavy atom. The summed E-state index contributed by atoms with van der Waals surface area (Å²) in [6.07, 6.45) is 0. The molecule has 0 aliphatic carbocycles. The first-order valence-corrected chi connectivity index (χ1v) is 7.44. The number of hydrogen-bond donors (Lipinski definition) is 1. The van der Waals surface area contributed by atoms with Crippen LogP contribution in [-0.4, -0.2) is 5.91 Å². The minimum atomic E-state index is -0.714. The van der Waals surface area contributed by atoms with Crippen molar-refractivity contribution >= 4 is 34.2 Å². The van der Waals surface area contributed by atoms with Gasteiger partial charge in [-0.1, -0.05) is 35.9 Å². The topological polar surface area (TPSA) is 59.3 Å². The molecule has 0 unspecified atom stereocenters. The monoisotopic (exact) mass is 327 g/mol. The van der Waals surface area contributed by atoms with Gasteiger partial charge in [-0.15, -0.1) is 0 Å². The van der Waals surface area contributed by atoms with Crippen LogP contribution in [0.2, 0.25) is 5.02 Å². The molecular formula is C18H14ClNO3. The van der Waals surface area contributed by atoms with E-state index in [-0.39, 0.29) is 11.1 Å². The normalized spacial score (nSPS) is 10.7. The molecule has 23 heavy (non-hydrogen) atoms. The maximum Gasteiger partial charge on any atom is 0.349 e. The van der Waals surface area contributed by atoms with E-state index in [2.05, 4.69) is 5.32 Å². The summed E-state index contributed by atoms with van der Waals surface area (Å²) < 4.78 is 5.19. The minimum absolute atomic E-state index is 0.0549. The van der Waals surface area contributed by atoms with Crippen LogP contribution in [0.25, 0.3) is 11.0 Å². The standard InChI is InChI=1S/C18H14ClNO3/c1-10-6-7-11(2)15(8-10)20-17(21)13-9-12-4-3-5-14(19)16(12)23-18(13)22/h3-9H,1-2H3,(H,20,21). The van der Waals surface area contributed by atoms with E-state index >= 15 is 0 Å². The first-order valence-electron chi connectivity index (χ1n) is 7.06. The molecule has 0 atom stereocenters. The molecule has 0 radical (unpaired) electrons. The lowest BCUT2D eigenvalue weighted by molar-refractivity contribution is 0.102. The Bertz CT molecular complexity index is 976. The van der Waals surface area contributed by atoms with Crippen LogP contribution in [0.3, 0.4) is 0 Å². The van der Waals surface area contributed by atoms with E-state index in [9.17, 15) is 9.59 Å². The average molecular weight is 328 g/mol. The fourth-order valence-electron chi connectivity index (χ4n) is 2.33. The van der Waals surface area contributed by atoms with Crippen LogP contribution in [0.5, 0.6) is 0 Å². The smallest absolute Gasteiger partial charge is 0.349 e. The predicted molar refractivity (Wildman–Crippen MR) is 91.4 cm³/mol.